The van der Waals surface area contributed by atoms with Crippen molar-refractivity contribution in [1.29, 1.82) is 0 Å². The summed E-state index contributed by atoms with van der Waals surface area (Å²) in [6.07, 6.45) is 1.39. The summed E-state index contributed by atoms with van der Waals surface area (Å²) in [5.74, 6) is 0. The van der Waals surface area contributed by atoms with E-state index in [2.05, 4.69) is 4.98 Å². The van der Waals surface area contributed by atoms with Crippen LogP contribution in [0, 0.1) is 6.92 Å². The van der Waals surface area contributed by atoms with E-state index in [0.29, 0.717) is 0 Å². The van der Waals surface area contributed by atoms with E-state index >= 15 is 0 Å². The fourth-order valence-electron chi connectivity index (χ4n) is 1.61. The predicted molar refractivity (Wildman–Crippen MR) is 57.1 cm³/mol. The van der Waals surface area contributed by atoms with Crippen molar-refractivity contribution in [3.05, 3.63) is 41.7 Å². The summed E-state index contributed by atoms with van der Waals surface area (Å²) in [4.78, 5) is 4.22. The SMILES string of the molecule is Cc1nccc2cc(C(C)O)ccc12. The van der Waals surface area contributed by atoms with Gasteiger partial charge >= 0.3 is 0 Å². The van der Waals surface area contributed by atoms with Crippen LogP contribution < -0.4 is 0 Å². The first kappa shape index (κ1) is 9.16. The van der Waals surface area contributed by atoms with Crippen molar-refractivity contribution in [1.82, 2.24) is 4.98 Å². The maximum atomic E-state index is 9.44. The lowest BCUT2D eigenvalue weighted by Gasteiger charge is -2.07. The minimum Gasteiger partial charge on any atom is -0.389 e. The molecule has 1 unspecified atom stereocenters. The molecule has 0 radical (unpaired) electrons. The molecule has 2 nitrogen and oxygen atoms in total. The summed E-state index contributed by atoms with van der Waals surface area (Å²) < 4.78 is 0. The number of benzene rings is 1. The lowest BCUT2D eigenvalue weighted by molar-refractivity contribution is 0.199. The molecule has 0 bridgehead atoms. The summed E-state index contributed by atoms with van der Waals surface area (Å²) >= 11 is 0. The summed E-state index contributed by atoms with van der Waals surface area (Å²) in [6, 6.07) is 7.93. The van der Waals surface area contributed by atoms with E-state index in [1.807, 2.05) is 31.2 Å². The van der Waals surface area contributed by atoms with Crippen LogP contribution in [-0.2, 0) is 0 Å². The number of pyridine rings is 1. The molecule has 1 aromatic carbocycles. The molecular weight excluding hydrogens is 174 g/mol. The second kappa shape index (κ2) is 3.39. The van der Waals surface area contributed by atoms with Gasteiger partial charge in [0.15, 0.2) is 0 Å². The average molecular weight is 187 g/mol. The number of aryl methyl sites for hydroxylation is 1. The van der Waals surface area contributed by atoms with Gasteiger partial charge in [0.2, 0.25) is 0 Å². The minimum atomic E-state index is -0.409. The zero-order valence-electron chi connectivity index (χ0n) is 8.36. The largest absolute Gasteiger partial charge is 0.389 e. The zero-order valence-corrected chi connectivity index (χ0v) is 8.36. The van der Waals surface area contributed by atoms with E-state index in [1.165, 1.54) is 0 Å². The van der Waals surface area contributed by atoms with Gasteiger partial charge in [-0.15, -0.1) is 0 Å². The van der Waals surface area contributed by atoms with Gasteiger partial charge in [-0.1, -0.05) is 12.1 Å². The zero-order chi connectivity index (χ0) is 10.1. The molecule has 1 N–H and O–H groups in total. The number of hydrogen-bond donors (Lipinski definition) is 1. The van der Waals surface area contributed by atoms with E-state index in [9.17, 15) is 5.11 Å². The standard InChI is InChI=1S/C12H13NO/c1-8-12-4-3-10(9(2)14)7-11(12)5-6-13-8/h3-7,9,14H,1-2H3. The van der Waals surface area contributed by atoms with Crippen molar-refractivity contribution in [3.8, 4) is 0 Å². The van der Waals surface area contributed by atoms with Crippen LogP contribution in [0.4, 0.5) is 0 Å². The van der Waals surface area contributed by atoms with Crippen molar-refractivity contribution in [3.63, 3.8) is 0 Å². The van der Waals surface area contributed by atoms with Gasteiger partial charge in [-0.25, -0.2) is 0 Å². The highest BCUT2D eigenvalue weighted by atomic mass is 16.3. The molecule has 0 spiro atoms. The van der Waals surface area contributed by atoms with Crippen molar-refractivity contribution >= 4 is 10.8 Å². The van der Waals surface area contributed by atoms with Crippen molar-refractivity contribution < 1.29 is 5.11 Å². The molecule has 0 fully saturated rings. The molecule has 0 aliphatic heterocycles. The highest BCUT2D eigenvalue weighted by molar-refractivity contribution is 5.84. The molecular formula is C12H13NO. The molecule has 0 saturated heterocycles. The van der Waals surface area contributed by atoms with Gasteiger partial charge < -0.3 is 5.11 Å². The number of rotatable bonds is 1. The molecule has 0 amide bonds. The Balaban J connectivity index is 2.67. The van der Waals surface area contributed by atoms with Gasteiger partial charge in [0.05, 0.1) is 6.10 Å². The monoisotopic (exact) mass is 187 g/mol. The van der Waals surface area contributed by atoms with Gasteiger partial charge in [-0.05, 0) is 36.9 Å². The molecule has 0 saturated carbocycles. The second-order valence-electron chi connectivity index (χ2n) is 3.55. The molecule has 2 heteroatoms. The van der Waals surface area contributed by atoms with E-state index < -0.39 is 6.10 Å². The predicted octanol–water partition coefficient (Wildman–Crippen LogP) is 2.60. The molecule has 2 aromatic rings. The van der Waals surface area contributed by atoms with Gasteiger partial charge in [-0.2, -0.15) is 0 Å². The number of nitrogens with zero attached hydrogens (tertiary/aromatic N) is 1. The Morgan fingerprint density at radius 3 is 2.79 bits per heavy atom. The Kier molecular flexibility index (Phi) is 2.22. The maximum Gasteiger partial charge on any atom is 0.0762 e. The van der Waals surface area contributed by atoms with Crippen LogP contribution >= 0.6 is 0 Å². The van der Waals surface area contributed by atoms with Gasteiger partial charge in [0, 0.05) is 17.3 Å². The number of hydrogen-bond acceptors (Lipinski definition) is 2. The molecule has 1 atom stereocenters. The van der Waals surface area contributed by atoms with Gasteiger partial charge in [0.1, 0.15) is 0 Å². The summed E-state index contributed by atoms with van der Waals surface area (Å²) in [5.41, 5.74) is 1.97. The first-order valence-electron chi connectivity index (χ1n) is 4.72. The van der Waals surface area contributed by atoms with Crippen molar-refractivity contribution in [2.24, 2.45) is 0 Å². The van der Waals surface area contributed by atoms with E-state index in [4.69, 9.17) is 0 Å². The van der Waals surface area contributed by atoms with E-state index in [0.717, 1.165) is 22.0 Å². The number of fused-ring (bicyclic) bond motifs is 1. The first-order valence-corrected chi connectivity index (χ1v) is 4.72. The highest BCUT2D eigenvalue weighted by Crippen LogP contribution is 2.21. The fraction of sp³-hybridized carbons (Fsp3) is 0.250. The molecule has 0 aliphatic carbocycles. The Morgan fingerprint density at radius 2 is 2.07 bits per heavy atom. The number of aromatic nitrogens is 1. The average Bonchev–Trinajstić information content (AvgIpc) is 2.17. The Hall–Kier alpha value is -1.41. The number of aliphatic hydroxyl groups excluding tert-OH is 1. The topological polar surface area (TPSA) is 33.1 Å². The quantitative estimate of drug-likeness (QED) is 0.744. The Bertz CT molecular complexity index is 463. The third-order valence-corrected chi connectivity index (χ3v) is 2.47. The third kappa shape index (κ3) is 1.49. The van der Waals surface area contributed by atoms with Crippen LogP contribution in [0.15, 0.2) is 30.5 Å². The normalized spacial score (nSPS) is 13.1. The fourth-order valence-corrected chi connectivity index (χ4v) is 1.61. The first-order chi connectivity index (χ1) is 6.68. The Morgan fingerprint density at radius 1 is 1.29 bits per heavy atom. The van der Waals surface area contributed by atoms with Crippen molar-refractivity contribution in [2.75, 3.05) is 0 Å². The van der Waals surface area contributed by atoms with Crippen molar-refractivity contribution in [2.45, 2.75) is 20.0 Å². The summed E-state index contributed by atoms with van der Waals surface area (Å²) in [6.45, 7) is 3.76. The smallest absolute Gasteiger partial charge is 0.0762 e. The maximum absolute atomic E-state index is 9.44. The van der Waals surface area contributed by atoms with E-state index in [-0.39, 0.29) is 0 Å². The van der Waals surface area contributed by atoms with Crippen LogP contribution in [0.3, 0.4) is 0 Å². The molecule has 1 heterocycles. The van der Waals surface area contributed by atoms with E-state index in [1.54, 1.807) is 13.1 Å². The lowest BCUT2D eigenvalue weighted by atomic mass is 10.0. The van der Waals surface area contributed by atoms with Crippen LogP contribution in [-0.4, -0.2) is 10.1 Å². The molecule has 72 valence electrons. The van der Waals surface area contributed by atoms with Gasteiger partial charge in [0.25, 0.3) is 0 Å². The van der Waals surface area contributed by atoms with Crippen LogP contribution in [0.5, 0.6) is 0 Å². The van der Waals surface area contributed by atoms with Crippen LogP contribution in [0.2, 0.25) is 0 Å². The lowest BCUT2D eigenvalue weighted by Crippen LogP contribution is -1.91. The Labute approximate surface area is 83.2 Å². The minimum absolute atomic E-state index is 0.409. The third-order valence-electron chi connectivity index (χ3n) is 2.47. The molecule has 0 aliphatic rings. The summed E-state index contributed by atoms with van der Waals surface area (Å²) in [7, 11) is 0. The number of aliphatic hydroxyl groups is 1. The van der Waals surface area contributed by atoms with Gasteiger partial charge in [-0.3, -0.25) is 4.98 Å². The highest BCUT2D eigenvalue weighted by Gasteiger charge is 2.03. The second-order valence-corrected chi connectivity index (χ2v) is 3.55. The summed E-state index contributed by atoms with van der Waals surface area (Å²) in [5, 5.41) is 11.7. The van der Waals surface area contributed by atoms with Crippen LogP contribution in [0.1, 0.15) is 24.3 Å². The molecule has 2 rings (SSSR count). The molecule has 14 heavy (non-hydrogen) atoms. The van der Waals surface area contributed by atoms with Crippen LogP contribution in [0.25, 0.3) is 10.8 Å². The molecule has 1 aromatic heterocycles.